The molecule has 0 spiro atoms. The fourth-order valence-corrected chi connectivity index (χ4v) is 5.18. The number of nitrogens with zero attached hydrogens (tertiary/aromatic N) is 1. The summed E-state index contributed by atoms with van der Waals surface area (Å²) in [4.78, 5) is 11.2. The molecule has 3 nitrogen and oxygen atoms in total. The summed E-state index contributed by atoms with van der Waals surface area (Å²) in [5.41, 5.74) is 0. The summed E-state index contributed by atoms with van der Waals surface area (Å²) in [5, 5.41) is 11.2. The van der Waals surface area contributed by atoms with Crippen molar-refractivity contribution in [1.29, 1.82) is 0 Å². The maximum atomic E-state index is 11.2. The van der Waals surface area contributed by atoms with Gasteiger partial charge >= 0.3 is 101 Å². The number of nitro groups is 1. The monoisotopic (exact) mass is 327 g/mol. The van der Waals surface area contributed by atoms with Crippen LogP contribution >= 0.6 is 20.1 Å². The average Bonchev–Trinajstić information content (AvgIpc) is 2.31. The van der Waals surface area contributed by atoms with Gasteiger partial charge < -0.3 is 0 Å². The van der Waals surface area contributed by atoms with Crippen LogP contribution in [-0.4, -0.2) is 3.14 Å². The second-order valence-corrected chi connectivity index (χ2v) is 7.85. The Labute approximate surface area is 101 Å². The molecule has 0 fully saturated rings. The summed E-state index contributed by atoms with van der Waals surface area (Å²) in [5.74, 6) is 0. The van der Waals surface area contributed by atoms with E-state index in [0.717, 1.165) is 7.14 Å². The third-order valence-corrected chi connectivity index (χ3v) is 6.60. The summed E-state index contributed by atoms with van der Waals surface area (Å²) in [6.45, 7) is 0. The third kappa shape index (κ3) is 2.38. The first-order valence-corrected chi connectivity index (χ1v) is 7.86. The molecule has 0 atom stereocenters. The Morgan fingerprint density at radius 2 is 1.19 bits per heavy atom. The summed E-state index contributed by atoms with van der Waals surface area (Å²) in [7, 11) is 0. The van der Waals surface area contributed by atoms with Crippen LogP contribution in [0.5, 0.6) is 0 Å². The van der Waals surface area contributed by atoms with Crippen molar-refractivity contribution >= 4 is 20.1 Å². The molecule has 2 aromatic rings. The van der Waals surface area contributed by atoms with Crippen molar-refractivity contribution in [3.63, 3.8) is 0 Å². The molecule has 0 heterocycles. The van der Waals surface area contributed by atoms with Crippen molar-refractivity contribution < 1.29 is 3.14 Å². The normalized spacial score (nSPS) is 10.9. The number of hydrogen-bond donors (Lipinski definition) is 0. The zero-order chi connectivity index (χ0) is 11.4. The molecule has 0 N–H and O–H groups in total. The number of halogens is 1. The van der Waals surface area contributed by atoms with Gasteiger partial charge in [-0.25, -0.2) is 0 Å². The molecule has 0 aliphatic rings. The molecule has 16 heavy (non-hydrogen) atoms. The predicted molar refractivity (Wildman–Crippen MR) is 71.3 cm³/mol. The van der Waals surface area contributed by atoms with Crippen LogP contribution in [0.1, 0.15) is 0 Å². The van der Waals surface area contributed by atoms with Crippen LogP contribution in [0.3, 0.4) is 0 Å². The SMILES string of the molecule is O=[N+]([O-])I(c1ccccc1)c1ccccc1. The molecule has 0 bridgehead atoms. The van der Waals surface area contributed by atoms with Gasteiger partial charge in [0.25, 0.3) is 0 Å². The van der Waals surface area contributed by atoms with Gasteiger partial charge in [0.2, 0.25) is 0 Å². The Morgan fingerprint density at radius 3 is 1.50 bits per heavy atom. The fraction of sp³-hybridized carbons (Fsp3) is 0. The first kappa shape index (κ1) is 11.1. The molecule has 0 saturated carbocycles. The summed E-state index contributed by atoms with van der Waals surface area (Å²) in [6, 6.07) is 18.6. The summed E-state index contributed by atoms with van der Waals surface area (Å²) < 4.78 is 1.63. The van der Waals surface area contributed by atoms with E-state index < -0.39 is 20.1 Å². The zero-order valence-corrected chi connectivity index (χ0v) is 10.6. The Morgan fingerprint density at radius 1 is 0.812 bits per heavy atom. The van der Waals surface area contributed by atoms with Crippen LogP contribution in [0.4, 0.5) is 0 Å². The van der Waals surface area contributed by atoms with Crippen LogP contribution in [0.15, 0.2) is 60.7 Å². The molecule has 4 heteroatoms. The fourth-order valence-electron chi connectivity index (χ4n) is 1.35. The van der Waals surface area contributed by atoms with E-state index in [2.05, 4.69) is 0 Å². The first-order chi connectivity index (χ1) is 7.79. The van der Waals surface area contributed by atoms with Gasteiger partial charge in [-0.05, 0) is 0 Å². The molecular weight excluding hydrogens is 317 g/mol. The maximum absolute atomic E-state index is 11.2. The molecule has 0 amide bonds. The van der Waals surface area contributed by atoms with E-state index in [1.165, 1.54) is 0 Å². The average molecular weight is 327 g/mol. The van der Waals surface area contributed by atoms with Crippen LogP contribution in [0.2, 0.25) is 0 Å². The Kier molecular flexibility index (Phi) is 3.51. The molecule has 0 aliphatic carbocycles. The Hall–Kier alpha value is -1.43. The van der Waals surface area contributed by atoms with Gasteiger partial charge in [-0.2, -0.15) is 0 Å². The predicted octanol–water partition coefficient (Wildman–Crippen LogP) is 3.42. The second-order valence-electron chi connectivity index (χ2n) is 3.07. The van der Waals surface area contributed by atoms with E-state index in [1.54, 1.807) is 0 Å². The van der Waals surface area contributed by atoms with Crippen molar-refractivity contribution in [2.75, 3.05) is 0 Å². The van der Waals surface area contributed by atoms with Crippen LogP contribution < -0.4 is 0 Å². The van der Waals surface area contributed by atoms with Crippen LogP contribution in [0.25, 0.3) is 0 Å². The molecule has 0 aromatic heterocycles. The number of hydrogen-bond acceptors (Lipinski definition) is 2. The molecule has 0 saturated heterocycles. The van der Waals surface area contributed by atoms with E-state index in [9.17, 15) is 10.1 Å². The number of benzene rings is 2. The van der Waals surface area contributed by atoms with Gasteiger partial charge in [0, 0.05) is 0 Å². The zero-order valence-electron chi connectivity index (χ0n) is 8.42. The molecule has 82 valence electrons. The molecule has 0 unspecified atom stereocenters. The molecule has 2 aromatic carbocycles. The first-order valence-electron chi connectivity index (χ1n) is 4.73. The Balaban J connectivity index is 2.44. The van der Waals surface area contributed by atoms with Crippen molar-refractivity contribution in [2.45, 2.75) is 0 Å². The van der Waals surface area contributed by atoms with E-state index >= 15 is 0 Å². The molecule has 0 radical (unpaired) electrons. The van der Waals surface area contributed by atoms with Crippen LogP contribution in [-0.2, 0) is 0 Å². The van der Waals surface area contributed by atoms with E-state index in [4.69, 9.17) is 0 Å². The number of rotatable bonds is 3. The van der Waals surface area contributed by atoms with Gasteiger partial charge in [-0.3, -0.25) is 0 Å². The van der Waals surface area contributed by atoms with E-state index in [-0.39, 0.29) is 3.14 Å². The van der Waals surface area contributed by atoms with Crippen molar-refractivity contribution in [1.82, 2.24) is 0 Å². The summed E-state index contributed by atoms with van der Waals surface area (Å²) in [6.07, 6.45) is 0. The van der Waals surface area contributed by atoms with E-state index in [0.29, 0.717) is 0 Å². The Bertz CT molecular complexity index is 433. The second kappa shape index (κ2) is 5.07. The standard InChI is InChI=1S/C12H10INO2/c15-14(16)13(11-7-3-1-4-8-11)12-9-5-2-6-10-12/h1-10H. The van der Waals surface area contributed by atoms with Gasteiger partial charge in [0.15, 0.2) is 0 Å². The van der Waals surface area contributed by atoms with Gasteiger partial charge in [0.1, 0.15) is 0 Å². The quantitative estimate of drug-likeness (QED) is 0.375. The van der Waals surface area contributed by atoms with Crippen molar-refractivity contribution in [2.24, 2.45) is 0 Å². The minimum atomic E-state index is -2.50. The third-order valence-electron chi connectivity index (χ3n) is 2.02. The van der Waals surface area contributed by atoms with Gasteiger partial charge in [0.05, 0.1) is 0 Å². The van der Waals surface area contributed by atoms with Crippen LogP contribution in [0, 0.1) is 17.3 Å². The summed E-state index contributed by atoms with van der Waals surface area (Å²) >= 11 is -2.50. The molecule has 2 rings (SSSR count). The molecule has 0 aliphatic heterocycles. The minimum absolute atomic E-state index is 0.103. The van der Waals surface area contributed by atoms with E-state index in [1.807, 2.05) is 60.7 Å². The van der Waals surface area contributed by atoms with Crippen molar-refractivity contribution in [3.05, 3.63) is 77.9 Å². The van der Waals surface area contributed by atoms with Gasteiger partial charge in [-0.1, -0.05) is 0 Å². The molecular formula is C12H10INO2. The van der Waals surface area contributed by atoms with Crippen molar-refractivity contribution in [3.8, 4) is 0 Å². The topological polar surface area (TPSA) is 43.1 Å². The van der Waals surface area contributed by atoms with Gasteiger partial charge in [-0.15, -0.1) is 0 Å².